The van der Waals surface area contributed by atoms with Gasteiger partial charge >= 0.3 is 0 Å². The van der Waals surface area contributed by atoms with Gasteiger partial charge in [0.2, 0.25) is 8.32 Å². The molecule has 0 amide bonds. The summed E-state index contributed by atoms with van der Waals surface area (Å²) in [5, 5.41) is 0. The molecule has 1 fully saturated rings. The van der Waals surface area contributed by atoms with Crippen molar-refractivity contribution in [2.75, 3.05) is 0 Å². The zero-order chi connectivity index (χ0) is 14.8. The zero-order valence-electron chi connectivity index (χ0n) is 14.1. The van der Waals surface area contributed by atoms with Crippen LogP contribution in [0.15, 0.2) is 23.0 Å². The molecule has 2 atom stereocenters. The van der Waals surface area contributed by atoms with Gasteiger partial charge in [-0.3, -0.25) is 0 Å². The van der Waals surface area contributed by atoms with Crippen LogP contribution < -0.4 is 0 Å². The molecule has 0 heterocycles. The predicted molar refractivity (Wildman–Crippen MR) is 90.2 cm³/mol. The Morgan fingerprint density at radius 2 is 1.85 bits per heavy atom. The summed E-state index contributed by atoms with van der Waals surface area (Å²) in [5.41, 5.74) is 3.37. The Labute approximate surface area is 126 Å². The monoisotopic (exact) mass is 292 g/mol. The second kappa shape index (κ2) is 6.51. The Balaban J connectivity index is 2.15. The number of rotatable bonds is 5. The Morgan fingerprint density at radius 1 is 1.20 bits per heavy atom. The number of hydrogen-bond acceptors (Lipinski definition) is 1. The minimum absolute atomic E-state index is 0.765. The summed E-state index contributed by atoms with van der Waals surface area (Å²) >= 11 is 0. The van der Waals surface area contributed by atoms with Crippen molar-refractivity contribution in [3.8, 4) is 0 Å². The van der Waals surface area contributed by atoms with Crippen LogP contribution in [0.4, 0.5) is 0 Å². The van der Waals surface area contributed by atoms with Crippen molar-refractivity contribution in [2.45, 2.75) is 78.4 Å². The molecule has 20 heavy (non-hydrogen) atoms. The molecule has 0 aromatic rings. The molecule has 0 saturated heterocycles. The van der Waals surface area contributed by atoms with E-state index in [4.69, 9.17) is 4.43 Å². The second-order valence-corrected chi connectivity index (χ2v) is 11.5. The molecular weight excluding hydrogens is 260 g/mol. The molecule has 2 rings (SSSR count). The van der Waals surface area contributed by atoms with E-state index in [9.17, 15) is 0 Å². The highest BCUT2D eigenvalue weighted by molar-refractivity contribution is 6.73. The fraction of sp³-hybridized carbons (Fsp3) is 0.778. The molecule has 0 spiro atoms. The standard InChI is InChI=1S/C18H32OSi/c1-6-20(7-2,8-3)19-16-11-9-14(4)17-12-10-15(5)18(17)13-16/h11,15,18H,6-10,12-13H2,1-5H3/t15-,18+/m1/s1. The first-order chi connectivity index (χ1) is 9.55. The Bertz CT molecular complexity index is 395. The summed E-state index contributed by atoms with van der Waals surface area (Å²) in [6, 6.07) is 3.74. The Hall–Kier alpha value is -0.503. The first-order valence-corrected chi connectivity index (χ1v) is 11.1. The van der Waals surface area contributed by atoms with Gasteiger partial charge in [0.15, 0.2) is 0 Å². The van der Waals surface area contributed by atoms with Crippen LogP contribution in [0, 0.1) is 11.8 Å². The van der Waals surface area contributed by atoms with E-state index in [1.54, 1.807) is 11.1 Å². The molecule has 0 aromatic heterocycles. The fourth-order valence-electron chi connectivity index (χ4n) is 3.99. The molecule has 114 valence electrons. The van der Waals surface area contributed by atoms with Crippen molar-refractivity contribution in [3.63, 3.8) is 0 Å². The van der Waals surface area contributed by atoms with Gasteiger partial charge in [-0.15, -0.1) is 0 Å². The molecule has 1 saturated carbocycles. The molecule has 0 unspecified atom stereocenters. The van der Waals surface area contributed by atoms with Crippen molar-refractivity contribution in [3.05, 3.63) is 23.0 Å². The lowest BCUT2D eigenvalue weighted by Gasteiger charge is -2.31. The van der Waals surface area contributed by atoms with Crippen LogP contribution in [-0.4, -0.2) is 8.32 Å². The highest BCUT2D eigenvalue weighted by Crippen LogP contribution is 2.45. The van der Waals surface area contributed by atoms with E-state index in [1.807, 2.05) is 0 Å². The van der Waals surface area contributed by atoms with Crippen LogP contribution in [0.1, 0.15) is 60.3 Å². The third-order valence-electron chi connectivity index (χ3n) is 5.89. The minimum atomic E-state index is -1.50. The molecule has 0 bridgehead atoms. The van der Waals surface area contributed by atoms with Crippen molar-refractivity contribution < 1.29 is 4.43 Å². The summed E-state index contributed by atoms with van der Waals surface area (Å²) in [7, 11) is -1.50. The zero-order valence-corrected chi connectivity index (χ0v) is 15.1. The first-order valence-electron chi connectivity index (χ1n) is 8.61. The van der Waals surface area contributed by atoms with Gasteiger partial charge in [-0.1, -0.05) is 38.8 Å². The maximum atomic E-state index is 6.68. The van der Waals surface area contributed by atoms with Gasteiger partial charge in [-0.05, 0) is 62.2 Å². The minimum Gasteiger partial charge on any atom is -0.547 e. The largest absolute Gasteiger partial charge is 0.547 e. The lowest BCUT2D eigenvalue weighted by molar-refractivity contribution is 0.339. The van der Waals surface area contributed by atoms with Gasteiger partial charge in [0.05, 0.1) is 5.76 Å². The van der Waals surface area contributed by atoms with E-state index in [2.05, 4.69) is 40.7 Å². The lowest BCUT2D eigenvalue weighted by atomic mass is 9.90. The van der Waals surface area contributed by atoms with E-state index >= 15 is 0 Å². The van der Waals surface area contributed by atoms with Gasteiger partial charge in [0.1, 0.15) is 0 Å². The SMILES string of the molecule is CC[Si](CC)(CC)OC1=CCC(C)=C2CC[C@@H](C)[C@@H]2C1. The van der Waals surface area contributed by atoms with E-state index in [0.717, 1.165) is 18.3 Å². The molecule has 1 nitrogen and oxygen atoms in total. The quantitative estimate of drug-likeness (QED) is 0.443. The first kappa shape index (κ1) is 15.9. The molecule has 0 radical (unpaired) electrons. The smallest absolute Gasteiger partial charge is 0.250 e. The third-order valence-corrected chi connectivity index (χ3v) is 10.5. The van der Waals surface area contributed by atoms with Gasteiger partial charge < -0.3 is 4.43 Å². The average molecular weight is 293 g/mol. The maximum absolute atomic E-state index is 6.68. The summed E-state index contributed by atoms with van der Waals surface area (Å²) in [4.78, 5) is 0. The molecule has 2 aliphatic rings. The lowest BCUT2D eigenvalue weighted by Crippen LogP contribution is -2.35. The Kier molecular flexibility index (Phi) is 5.17. The molecular formula is C18H32OSi. The summed E-state index contributed by atoms with van der Waals surface area (Å²) < 4.78 is 6.68. The molecule has 2 heteroatoms. The van der Waals surface area contributed by atoms with E-state index in [0.29, 0.717) is 0 Å². The highest BCUT2D eigenvalue weighted by atomic mass is 28.4. The van der Waals surface area contributed by atoms with Crippen molar-refractivity contribution in [1.29, 1.82) is 0 Å². The van der Waals surface area contributed by atoms with Crippen LogP contribution in [0.25, 0.3) is 0 Å². The molecule has 0 N–H and O–H groups in total. The fourth-order valence-corrected chi connectivity index (χ4v) is 6.65. The molecule has 0 aromatic carbocycles. The Morgan fingerprint density at radius 3 is 2.45 bits per heavy atom. The molecule has 2 aliphatic carbocycles. The van der Waals surface area contributed by atoms with E-state index in [-0.39, 0.29) is 0 Å². The van der Waals surface area contributed by atoms with Crippen molar-refractivity contribution in [1.82, 2.24) is 0 Å². The maximum Gasteiger partial charge on any atom is 0.250 e. The normalized spacial score (nSPS) is 27.1. The van der Waals surface area contributed by atoms with Crippen LogP contribution in [0.2, 0.25) is 18.1 Å². The average Bonchev–Trinajstić information content (AvgIpc) is 2.74. The van der Waals surface area contributed by atoms with Gasteiger partial charge in [-0.25, -0.2) is 0 Å². The third kappa shape index (κ3) is 3.05. The van der Waals surface area contributed by atoms with Gasteiger partial charge in [0, 0.05) is 6.42 Å². The number of allylic oxidation sites excluding steroid dienone is 4. The summed E-state index contributed by atoms with van der Waals surface area (Å²) in [5.74, 6) is 2.93. The van der Waals surface area contributed by atoms with Crippen LogP contribution in [0.3, 0.4) is 0 Å². The van der Waals surface area contributed by atoms with Crippen molar-refractivity contribution >= 4 is 8.32 Å². The number of hydrogen-bond donors (Lipinski definition) is 0. The summed E-state index contributed by atoms with van der Waals surface area (Å²) in [6.45, 7) is 11.7. The predicted octanol–water partition coefficient (Wildman–Crippen LogP) is 6.05. The van der Waals surface area contributed by atoms with Crippen LogP contribution in [-0.2, 0) is 4.43 Å². The second-order valence-electron chi connectivity index (χ2n) is 6.85. The van der Waals surface area contributed by atoms with Crippen molar-refractivity contribution in [2.24, 2.45) is 11.8 Å². The van der Waals surface area contributed by atoms with Crippen LogP contribution in [0.5, 0.6) is 0 Å². The number of fused-ring (bicyclic) bond motifs is 1. The topological polar surface area (TPSA) is 9.23 Å². The van der Waals surface area contributed by atoms with Gasteiger partial charge in [0.25, 0.3) is 0 Å². The van der Waals surface area contributed by atoms with E-state index in [1.165, 1.54) is 43.2 Å². The summed E-state index contributed by atoms with van der Waals surface area (Å²) in [6.07, 6.45) is 7.40. The molecule has 0 aliphatic heterocycles. The van der Waals surface area contributed by atoms with Crippen LogP contribution >= 0.6 is 0 Å². The highest BCUT2D eigenvalue weighted by Gasteiger charge is 2.35. The van der Waals surface area contributed by atoms with Gasteiger partial charge in [-0.2, -0.15) is 0 Å². The van der Waals surface area contributed by atoms with E-state index < -0.39 is 8.32 Å².